The number of rotatable bonds is 3. The monoisotopic (exact) mass is 296 g/mol. The molecule has 2 saturated heterocycles. The highest BCUT2D eigenvalue weighted by Gasteiger charge is 2.41. The van der Waals surface area contributed by atoms with Gasteiger partial charge in [0.1, 0.15) is 0 Å². The third-order valence-electron chi connectivity index (χ3n) is 4.02. The lowest BCUT2D eigenvalue weighted by Gasteiger charge is -2.37. The summed E-state index contributed by atoms with van der Waals surface area (Å²) >= 11 is 1.96. The standard InChI is InChI=1S/C14H20N2O3S/c1-2-18-13(17)11-8-15-16(9-11)12-3-5-19-14(7-12)4-6-20-10-14/h8-9,12H,2-7,10H2,1H3. The van der Waals surface area contributed by atoms with Crippen LogP contribution in [0.25, 0.3) is 0 Å². The Hall–Kier alpha value is -1.01. The molecule has 0 bridgehead atoms. The lowest BCUT2D eigenvalue weighted by atomic mass is 9.90. The van der Waals surface area contributed by atoms with Crippen LogP contribution in [0.15, 0.2) is 12.4 Å². The van der Waals surface area contributed by atoms with E-state index in [4.69, 9.17) is 9.47 Å². The van der Waals surface area contributed by atoms with Crippen LogP contribution in [-0.2, 0) is 9.47 Å². The van der Waals surface area contributed by atoms with Gasteiger partial charge in [-0.05, 0) is 31.9 Å². The number of carbonyl (C=O) groups excluding carboxylic acids is 1. The molecule has 0 amide bonds. The van der Waals surface area contributed by atoms with E-state index < -0.39 is 0 Å². The maximum Gasteiger partial charge on any atom is 0.341 e. The number of nitrogens with zero attached hydrogens (tertiary/aromatic N) is 2. The van der Waals surface area contributed by atoms with Crippen LogP contribution in [0.5, 0.6) is 0 Å². The molecule has 1 aromatic rings. The minimum atomic E-state index is -0.294. The summed E-state index contributed by atoms with van der Waals surface area (Å²) in [4.78, 5) is 11.7. The van der Waals surface area contributed by atoms with Crippen LogP contribution < -0.4 is 0 Å². The van der Waals surface area contributed by atoms with E-state index >= 15 is 0 Å². The van der Waals surface area contributed by atoms with Gasteiger partial charge in [-0.25, -0.2) is 4.79 Å². The summed E-state index contributed by atoms with van der Waals surface area (Å²) in [5.74, 6) is 1.96. The molecule has 2 fully saturated rings. The molecule has 5 nitrogen and oxygen atoms in total. The van der Waals surface area contributed by atoms with Crippen LogP contribution in [-0.4, -0.2) is 46.1 Å². The zero-order valence-corrected chi connectivity index (χ0v) is 12.5. The molecule has 1 spiro atoms. The molecule has 2 aliphatic heterocycles. The maximum absolute atomic E-state index is 11.7. The van der Waals surface area contributed by atoms with Crippen molar-refractivity contribution in [3.8, 4) is 0 Å². The summed E-state index contributed by atoms with van der Waals surface area (Å²) in [6.07, 6.45) is 6.48. The number of esters is 1. The van der Waals surface area contributed by atoms with E-state index in [9.17, 15) is 4.79 Å². The quantitative estimate of drug-likeness (QED) is 0.801. The van der Waals surface area contributed by atoms with Gasteiger partial charge in [0.05, 0.1) is 30.0 Å². The van der Waals surface area contributed by atoms with Crippen LogP contribution in [0.3, 0.4) is 0 Å². The van der Waals surface area contributed by atoms with Crippen molar-refractivity contribution in [1.29, 1.82) is 0 Å². The molecule has 2 atom stereocenters. The number of carbonyl (C=O) groups is 1. The zero-order valence-electron chi connectivity index (χ0n) is 11.7. The molecular formula is C14H20N2O3S. The fourth-order valence-electron chi connectivity index (χ4n) is 2.95. The van der Waals surface area contributed by atoms with Crippen LogP contribution in [0, 0.1) is 0 Å². The lowest BCUT2D eigenvalue weighted by Crippen LogP contribution is -2.40. The first-order valence-electron chi connectivity index (χ1n) is 7.15. The largest absolute Gasteiger partial charge is 0.462 e. The van der Waals surface area contributed by atoms with E-state index in [-0.39, 0.29) is 11.6 Å². The molecular weight excluding hydrogens is 276 g/mol. The van der Waals surface area contributed by atoms with Gasteiger partial charge in [-0.1, -0.05) is 0 Å². The summed E-state index contributed by atoms with van der Waals surface area (Å²) in [5, 5.41) is 4.35. The first kappa shape index (κ1) is 13.9. The topological polar surface area (TPSA) is 53.3 Å². The fourth-order valence-corrected chi connectivity index (χ4v) is 4.33. The highest BCUT2D eigenvalue weighted by Crippen LogP contribution is 2.41. The van der Waals surface area contributed by atoms with Crippen molar-refractivity contribution < 1.29 is 14.3 Å². The number of hydrogen-bond acceptors (Lipinski definition) is 5. The molecule has 0 N–H and O–H groups in total. The molecule has 6 heteroatoms. The van der Waals surface area contributed by atoms with Crippen molar-refractivity contribution >= 4 is 17.7 Å². The summed E-state index contributed by atoms with van der Waals surface area (Å²) in [6.45, 7) is 2.98. The SMILES string of the molecule is CCOC(=O)c1cnn(C2CCOC3(CCSC3)C2)c1. The van der Waals surface area contributed by atoms with Crippen LogP contribution in [0.1, 0.15) is 42.6 Å². The number of ether oxygens (including phenoxy) is 2. The number of hydrogen-bond donors (Lipinski definition) is 0. The van der Waals surface area contributed by atoms with Gasteiger partial charge in [0.2, 0.25) is 0 Å². The predicted molar refractivity (Wildman–Crippen MR) is 77.1 cm³/mol. The van der Waals surface area contributed by atoms with Gasteiger partial charge < -0.3 is 9.47 Å². The van der Waals surface area contributed by atoms with E-state index in [2.05, 4.69) is 5.10 Å². The second kappa shape index (κ2) is 5.77. The smallest absolute Gasteiger partial charge is 0.341 e. The molecule has 3 rings (SSSR count). The molecule has 0 aromatic carbocycles. The average Bonchev–Trinajstić information content (AvgIpc) is 3.09. The first-order chi connectivity index (χ1) is 9.72. The highest BCUT2D eigenvalue weighted by atomic mass is 32.2. The average molecular weight is 296 g/mol. The molecule has 20 heavy (non-hydrogen) atoms. The van der Waals surface area contributed by atoms with Gasteiger partial charge in [0.15, 0.2) is 0 Å². The maximum atomic E-state index is 11.7. The Morgan fingerprint density at radius 1 is 1.70 bits per heavy atom. The summed E-state index contributed by atoms with van der Waals surface area (Å²) in [5.41, 5.74) is 0.567. The summed E-state index contributed by atoms with van der Waals surface area (Å²) < 4.78 is 12.9. The van der Waals surface area contributed by atoms with Gasteiger partial charge in [-0.3, -0.25) is 4.68 Å². The van der Waals surface area contributed by atoms with Crippen molar-refractivity contribution in [2.24, 2.45) is 0 Å². The Balaban J connectivity index is 1.71. The minimum absolute atomic E-state index is 0.0314. The molecule has 1 aromatic heterocycles. The Morgan fingerprint density at radius 2 is 2.60 bits per heavy atom. The molecule has 110 valence electrons. The molecule has 3 heterocycles. The lowest BCUT2D eigenvalue weighted by molar-refractivity contribution is -0.0778. The zero-order chi connectivity index (χ0) is 14.0. The van der Waals surface area contributed by atoms with Gasteiger partial charge >= 0.3 is 5.97 Å². The summed E-state index contributed by atoms with van der Waals surface area (Å²) in [6, 6.07) is 0.325. The van der Waals surface area contributed by atoms with Gasteiger partial charge in [0.25, 0.3) is 0 Å². The normalized spacial score (nSPS) is 29.8. The van der Waals surface area contributed by atoms with Crippen LogP contribution in [0.2, 0.25) is 0 Å². The van der Waals surface area contributed by atoms with E-state index in [1.807, 2.05) is 29.6 Å². The number of thioether (sulfide) groups is 1. The Bertz CT molecular complexity index is 483. The Morgan fingerprint density at radius 3 is 3.35 bits per heavy atom. The molecule has 0 saturated carbocycles. The third-order valence-corrected chi connectivity index (χ3v) is 5.24. The van der Waals surface area contributed by atoms with E-state index in [0.717, 1.165) is 31.6 Å². The van der Waals surface area contributed by atoms with E-state index in [1.54, 1.807) is 6.20 Å². The van der Waals surface area contributed by atoms with Crippen LogP contribution >= 0.6 is 11.8 Å². The highest BCUT2D eigenvalue weighted by molar-refractivity contribution is 7.99. The Kier molecular flexibility index (Phi) is 4.03. The predicted octanol–water partition coefficient (Wildman–Crippen LogP) is 2.29. The van der Waals surface area contributed by atoms with Gasteiger partial charge in [0, 0.05) is 18.6 Å². The third kappa shape index (κ3) is 2.72. The van der Waals surface area contributed by atoms with Gasteiger partial charge in [-0.2, -0.15) is 16.9 Å². The van der Waals surface area contributed by atoms with E-state index in [0.29, 0.717) is 18.2 Å². The van der Waals surface area contributed by atoms with Gasteiger partial charge in [-0.15, -0.1) is 0 Å². The van der Waals surface area contributed by atoms with Crippen molar-refractivity contribution in [1.82, 2.24) is 9.78 Å². The second-order valence-corrected chi connectivity index (χ2v) is 6.52. The summed E-state index contributed by atoms with van der Waals surface area (Å²) in [7, 11) is 0. The molecule has 0 radical (unpaired) electrons. The molecule has 0 aliphatic carbocycles. The first-order valence-corrected chi connectivity index (χ1v) is 8.31. The minimum Gasteiger partial charge on any atom is -0.462 e. The fraction of sp³-hybridized carbons (Fsp3) is 0.714. The molecule has 2 aliphatic rings. The van der Waals surface area contributed by atoms with Crippen molar-refractivity contribution in [2.45, 2.75) is 37.8 Å². The second-order valence-electron chi connectivity index (χ2n) is 5.41. The number of aromatic nitrogens is 2. The van der Waals surface area contributed by atoms with Crippen LogP contribution in [0.4, 0.5) is 0 Å². The Labute approximate surface area is 123 Å². The van der Waals surface area contributed by atoms with Crippen molar-refractivity contribution in [2.75, 3.05) is 24.7 Å². The molecule has 2 unspecified atom stereocenters. The van der Waals surface area contributed by atoms with E-state index in [1.165, 1.54) is 5.75 Å². The van der Waals surface area contributed by atoms with Crippen molar-refractivity contribution in [3.05, 3.63) is 18.0 Å². The van der Waals surface area contributed by atoms with Crippen molar-refractivity contribution in [3.63, 3.8) is 0 Å².